The molecule has 5 heteroatoms. The Morgan fingerprint density at radius 3 is 2.84 bits per heavy atom. The molecule has 25 heavy (non-hydrogen) atoms. The molecule has 3 rings (SSSR count). The van der Waals surface area contributed by atoms with E-state index in [9.17, 15) is 4.79 Å². The number of ether oxygens (including phenoxy) is 2. The lowest BCUT2D eigenvalue weighted by Crippen LogP contribution is -2.41. The molecule has 1 fully saturated rings. The molecule has 0 bridgehead atoms. The van der Waals surface area contributed by atoms with E-state index in [2.05, 4.69) is 17.5 Å². The number of hydrogen-bond donors (Lipinski definition) is 1. The molecule has 0 spiro atoms. The Morgan fingerprint density at radius 1 is 1.24 bits per heavy atom. The molecule has 2 atom stereocenters. The Hall–Kier alpha value is -2.17. The average molecular weight is 344 g/mol. The highest BCUT2D eigenvalue weighted by Gasteiger charge is 2.32. The maximum absolute atomic E-state index is 12.7. The van der Waals surface area contributed by atoms with Crippen molar-refractivity contribution in [2.45, 2.75) is 38.1 Å². The van der Waals surface area contributed by atoms with Crippen LogP contribution in [0.15, 0.2) is 30.4 Å². The third-order valence-corrected chi connectivity index (χ3v) is 5.23. The molecule has 0 aromatic heterocycles. The number of allylic oxidation sites excluding steroid dienone is 2. The Bertz CT molecular complexity index is 629. The van der Waals surface area contributed by atoms with E-state index in [-0.39, 0.29) is 12.1 Å². The van der Waals surface area contributed by atoms with Crippen LogP contribution in [0.5, 0.6) is 11.5 Å². The topological polar surface area (TPSA) is 50.8 Å². The summed E-state index contributed by atoms with van der Waals surface area (Å²) in [5.74, 6) is 2.10. The minimum Gasteiger partial charge on any atom is -0.497 e. The van der Waals surface area contributed by atoms with E-state index < -0.39 is 0 Å². The van der Waals surface area contributed by atoms with Gasteiger partial charge in [-0.2, -0.15) is 0 Å². The molecule has 1 aliphatic carbocycles. The van der Waals surface area contributed by atoms with Gasteiger partial charge in [0.25, 0.3) is 0 Å². The molecule has 0 saturated carbocycles. The second-order valence-electron chi connectivity index (χ2n) is 6.80. The van der Waals surface area contributed by atoms with Gasteiger partial charge >= 0.3 is 6.03 Å². The van der Waals surface area contributed by atoms with Gasteiger partial charge in [0.1, 0.15) is 11.5 Å². The number of carbonyl (C=O) groups is 1. The van der Waals surface area contributed by atoms with Crippen molar-refractivity contribution in [1.29, 1.82) is 0 Å². The molecular weight excluding hydrogens is 316 g/mol. The second-order valence-corrected chi connectivity index (χ2v) is 6.80. The molecule has 2 aliphatic rings. The normalized spacial score (nSPS) is 22.7. The Labute approximate surface area is 150 Å². The molecular formula is C20H28N2O3. The zero-order valence-electron chi connectivity index (χ0n) is 15.2. The SMILES string of the molecule is COc1ccc(C2CCCN2C(=O)NCC2CC=CCC2)c(OC)c1. The summed E-state index contributed by atoms with van der Waals surface area (Å²) in [5, 5.41) is 3.14. The van der Waals surface area contributed by atoms with Gasteiger partial charge in [0.2, 0.25) is 0 Å². The molecule has 0 radical (unpaired) electrons. The minimum atomic E-state index is 0.0370. The van der Waals surface area contributed by atoms with Crippen LogP contribution < -0.4 is 14.8 Å². The van der Waals surface area contributed by atoms with Gasteiger partial charge in [-0.25, -0.2) is 4.79 Å². The number of likely N-dealkylation sites (tertiary alicyclic amines) is 1. The number of amides is 2. The van der Waals surface area contributed by atoms with Gasteiger partial charge in [0.15, 0.2) is 0 Å². The number of urea groups is 1. The van der Waals surface area contributed by atoms with E-state index in [4.69, 9.17) is 9.47 Å². The molecule has 5 nitrogen and oxygen atoms in total. The monoisotopic (exact) mass is 344 g/mol. The average Bonchev–Trinajstić information content (AvgIpc) is 3.16. The van der Waals surface area contributed by atoms with Crippen molar-refractivity contribution in [2.24, 2.45) is 5.92 Å². The Balaban J connectivity index is 1.67. The first kappa shape index (κ1) is 17.6. The third kappa shape index (κ3) is 4.09. The molecule has 1 aromatic carbocycles. The highest BCUT2D eigenvalue weighted by Crippen LogP contribution is 2.38. The van der Waals surface area contributed by atoms with Gasteiger partial charge < -0.3 is 19.7 Å². The predicted octanol–water partition coefficient (Wildman–Crippen LogP) is 3.91. The van der Waals surface area contributed by atoms with Crippen molar-refractivity contribution >= 4 is 6.03 Å². The van der Waals surface area contributed by atoms with Crippen molar-refractivity contribution in [2.75, 3.05) is 27.3 Å². The van der Waals surface area contributed by atoms with E-state index in [0.29, 0.717) is 5.92 Å². The summed E-state index contributed by atoms with van der Waals surface area (Å²) in [7, 11) is 3.30. The van der Waals surface area contributed by atoms with Crippen molar-refractivity contribution in [3.63, 3.8) is 0 Å². The molecule has 2 unspecified atom stereocenters. The highest BCUT2D eigenvalue weighted by atomic mass is 16.5. The number of nitrogens with one attached hydrogen (secondary N) is 1. The van der Waals surface area contributed by atoms with Gasteiger partial charge in [0.05, 0.1) is 20.3 Å². The fraction of sp³-hybridized carbons (Fsp3) is 0.550. The molecule has 1 aliphatic heterocycles. The van der Waals surface area contributed by atoms with Crippen LogP contribution in [-0.2, 0) is 0 Å². The van der Waals surface area contributed by atoms with Crippen molar-refractivity contribution in [1.82, 2.24) is 10.2 Å². The molecule has 2 amide bonds. The summed E-state index contributed by atoms with van der Waals surface area (Å²) in [5.41, 5.74) is 1.05. The van der Waals surface area contributed by atoms with Crippen molar-refractivity contribution in [3.05, 3.63) is 35.9 Å². The zero-order chi connectivity index (χ0) is 17.6. The van der Waals surface area contributed by atoms with Crippen LogP contribution >= 0.6 is 0 Å². The van der Waals surface area contributed by atoms with Crippen LogP contribution in [-0.4, -0.2) is 38.2 Å². The number of hydrogen-bond acceptors (Lipinski definition) is 3. The van der Waals surface area contributed by atoms with Crippen molar-refractivity contribution in [3.8, 4) is 11.5 Å². The first-order valence-electron chi connectivity index (χ1n) is 9.14. The predicted molar refractivity (Wildman–Crippen MR) is 98.1 cm³/mol. The largest absolute Gasteiger partial charge is 0.497 e. The zero-order valence-corrected chi connectivity index (χ0v) is 15.2. The lowest BCUT2D eigenvalue weighted by Gasteiger charge is -2.28. The molecule has 1 heterocycles. The summed E-state index contributed by atoms with van der Waals surface area (Å²) in [6.07, 6.45) is 9.77. The summed E-state index contributed by atoms with van der Waals surface area (Å²) < 4.78 is 10.8. The third-order valence-electron chi connectivity index (χ3n) is 5.23. The van der Waals surface area contributed by atoms with E-state index in [0.717, 1.165) is 62.3 Å². The number of nitrogens with zero attached hydrogens (tertiary/aromatic N) is 1. The number of benzene rings is 1. The molecule has 1 aromatic rings. The lowest BCUT2D eigenvalue weighted by atomic mass is 9.94. The summed E-state index contributed by atoms with van der Waals surface area (Å²) in [4.78, 5) is 14.7. The van der Waals surface area contributed by atoms with E-state index in [1.807, 2.05) is 23.1 Å². The Morgan fingerprint density at radius 2 is 2.12 bits per heavy atom. The van der Waals surface area contributed by atoms with E-state index >= 15 is 0 Å². The van der Waals surface area contributed by atoms with E-state index in [1.165, 1.54) is 0 Å². The smallest absolute Gasteiger partial charge is 0.317 e. The van der Waals surface area contributed by atoms with Crippen LogP contribution in [0.25, 0.3) is 0 Å². The van der Waals surface area contributed by atoms with Gasteiger partial charge in [-0.1, -0.05) is 12.2 Å². The summed E-state index contributed by atoms with van der Waals surface area (Å²) >= 11 is 0. The molecule has 1 saturated heterocycles. The fourth-order valence-electron chi connectivity index (χ4n) is 3.80. The number of methoxy groups -OCH3 is 2. The van der Waals surface area contributed by atoms with Gasteiger partial charge in [-0.3, -0.25) is 0 Å². The number of rotatable bonds is 5. The lowest BCUT2D eigenvalue weighted by molar-refractivity contribution is 0.190. The second kappa shape index (κ2) is 8.28. The summed E-state index contributed by atoms with van der Waals surface area (Å²) in [6.45, 7) is 1.54. The summed E-state index contributed by atoms with van der Waals surface area (Å²) in [6, 6.07) is 5.93. The number of carbonyl (C=O) groups excluding carboxylic acids is 1. The van der Waals surface area contributed by atoms with Gasteiger partial charge in [-0.15, -0.1) is 0 Å². The van der Waals surface area contributed by atoms with Gasteiger partial charge in [0, 0.05) is 24.7 Å². The van der Waals surface area contributed by atoms with Gasteiger partial charge in [-0.05, 0) is 50.2 Å². The first-order chi connectivity index (χ1) is 12.2. The molecule has 1 N–H and O–H groups in total. The Kier molecular flexibility index (Phi) is 5.84. The van der Waals surface area contributed by atoms with Crippen LogP contribution in [0.1, 0.15) is 43.7 Å². The maximum Gasteiger partial charge on any atom is 0.317 e. The molecule has 136 valence electrons. The van der Waals surface area contributed by atoms with Crippen LogP contribution in [0.2, 0.25) is 0 Å². The minimum absolute atomic E-state index is 0.0370. The van der Waals surface area contributed by atoms with E-state index in [1.54, 1.807) is 14.2 Å². The van der Waals surface area contributed by atoms with Crippen molar-refractivity contribution < 1.29 is 14.3 Å². The highest BCUT2D eigenvalue weighted by molar-refractivity contribution is 5.75. The maximum atomic E-state index is 12.7. The first-order valence-corrected chi connectivity index (χ1v) is 9.14. The fourth-order valence-corrected chi connectivity index (χ4v) is 3.80. The van der Waals surface area contributed by atoms with Crippen LogP contribution in [0, 0.1) is 5.92 Å². The van der Waals surface area contributed by atoms with Crippen LogP contribution in [0.3, 0.4) is 0 Å². The standard InChI is InChI=1S/C20H28N2O3/c1-24-16-10-11-17(19(13-16)25-2)18-9-6-12-22(18)20(23)21-14-15-7-4-3-5-8-15/h3-4,10-11,13,15,18H,5-9,12,14H2,1-2H3,(H,21,23). The quantitative estimate of drug-likeness (QED) is 0.824. The van der Waals surface area contributed by atoms with Crippen LogP contribution in [0.4, 0.5) is 4.79 Å².